The SMILES string of the molecule is CC(=O)N1CCc2cc(NC(=O)c3ccc([N+](=O)[O-])cc3Cl)ccc21. The van der Waals surface area contributed by atoms with Crippen molar-refractivity contribution >= 4 is 40.5 Å². The van der Waals surface area contributed by atoms with E-state index >= 15 is 0 Å². The molecule has 1 N–H and O–H groups in total. The van der Waals surface area contributed by atoms with Gasteiger partial charge in [0.05, 0.1) is 15.5 Å². The van der Waals surface area contributed by atoms with Gasteiger partial charge in [0.2, 0.25) is 5.91 Å². The smallest absolute Gasteiger partial charge is 0.270 e. The second-order valence-electron chi connectivity index (χ2n) is 5.64. The van der Waals surface area contributed by atoms with E-state index in [1.807, 2.05) is 6.07 Å². The van der Waals surface area contributed by atoms with Gasteiger partial charge in [-0.1, -0.05) is 11.6 Å². The number of non-ortho nitro benzene ring substituents is 1. The van der Waals surface area contributed by atoms with E-state index in [-0.39, 0.29) is 22.2 Å². The zero-order valence-electron chi connectivity index (χ0n) is 13.3. The maximum Gasteiger partial charge on any atom is 0.270 e. The van der Waals surface area contributed by atoms with E-state index in [4.69, 9.17) is 11.6 Å². The largest absolute Gasteiger partial charge is 0.322 e. The molecule has 1 heterocycles. The fourth-order valence-corrected chi connectivity index (χ4v) is 3.07. The van der Waals surface area contributed by atoms with Crippen molar-refractivity contribution in [2.75, 3.05) is 16.8 Å². The Bertz CT molecular complexity index is 897. The van der Waals surface area contributed by atoms with Crippen LogP contribution in [0.25, 0.3) is 0 Å². The first-order chi connectivity index (χ1) is 11.9. The Morgan fingerprint density at radius 1 is 1.24 bits per heavy atom. The highest BCUT2D eigenvalue weighted by molar-refractivity contribution is 6.34. The summed E-state index contributed by atoms with van der Waals surface area (Å²) in [5.41, 5.74) is 2.37. The second kappa shape index (κ2) is 6.52. The molecule has 0 aliphatic carbocycles. The van der Waals surface area contributed by atoms with Crippen LogP contribution in [0.3, 0.4) is 0 Å². The summed E-state index contributed by atoms with van der Waals surface area (Å²) in [4.78, 5) is 35.8. The topological polar surface area (TPSA) is 92.6 Å². The van der Waals surface area contributed by atoms with Crippen LogP contribution in [0, 0.1) is 10.1 Å². The Kier molecular flexibility index (Phi) is 4.41. The van der Waals surface area contributed by atoms with Crippen LogP contribution in [0.5, 0.6) is 0 Å². The number of hydrogen-bond acceptors (Lipinski definition) is 4. The van der Waals surface area contributed by atoms with E-state index in [1.54, 1.807) is 17.0 Å². The van der Waals surface area contributed by atoms with Gasteiger partial charge < -0.3 is 10.2 Å². The molecule has 0 bridgehead atoms. The van der Waals surface area contributed by atoms with Crippen LogP contribution in [-0.2, 0) is 11.2 Å². The molecule has 128 valence electrons. The summed E-state index contributed by atoms with van der Waals surface area (Å²) in [5, 5.41) is 13.5. The van der Waals surface area contributed by atoms with Crippen molar-refractivity contribution in [2.45, 2.75) is 13.3 Å². The summed E-state index contributed by atoms with van der Waals surface area (Å²) in [7, 11) is 0. The summed E-state index contributed by atoms with van der Waals surface area (Å²) in [6.45, 7) is 2.14. The molecule has 0 saturated heterocycles. The predicted octanol–water partition coefficient (Wildman–Crippen LogP) is 3.41. The fraction of sp³-hybridized carbons (Fsp3) is 0.176. The molecule has 0 atom stereocenters. The molecule has 2 amide bonds. The maximum absolute atomic E-state index is 12.4. The van der Waals surface area contributed by atoms with E-state index < -0.39 is 10.8 Å². The number of halogens is 1. The van der Waals surface area contributed by atoms with Crippen molar-refractivity contribution in [3.63, 3.8) is 0 Å². The van der Waals surface area contributed by atoms with Gasteiger partial charge >= 0.3 is 0 Å². The third-order valence-corrected chi connectivity index (χ3v) is 4.33. The van der Waals surface area contributed by atoms with E-state index in [0.717, 1.165) is 23.7 Å². The van der Waals surface area contributed by atoms with Gasteiger partial charge in [-0.3, -0.25) is 19.7 Å². The van der Waals surface area contributed by atoms with Crippen LogP contribution in [0.2, 0.25) is 5.02 Å². The molecular weight excluding hydrogens is 346 g/mol. The number of carbonyl (C=O) groups is 2. The van der Waals surface area contributed by atoms with Gasteiger partial charge in [0.15, 0.2) is 0 Å². The molecule has 0 unspecified atom stereocenters. The highest BCUT2D eigenvalue weighted by atomic mass is 35.5. The minimum Gasteiger partial charge on any atom is -0.322 e. The molecule has 25 heavy (non-hydrogen) atoms. The van der Waals surface area contributed by atoms with E-state index in [1.165, 1.54) is 19.1 Å². The molecule has 1 aliphatic heterocycles. The molecule has 0 aromatic heterocycles. The summed E-state index contributed by atoms with van der Waals surface area (Å²) in [6.07, 6.45) is 0.719. The highest BCUT2D eigenvalue weighted by Crippen LogP contribution is 2.31. The summed E-state index contributed by atoms with van der Waals surface area (Å²) >= 11 is 5.97. The lowest BCUT2D eigenvalue weighted by atomic mass is 10.1. The van der Waals surface area contributed by atoms with Crippen molar-refractivity contribution in [1.82, 2.24) is 0 Å². The van der Waals surface area contributed by atoms with Crippen molar-refractivity contribution in [2.24, 2.45) is 0 Å². The minimum absolute atomic E-state index is 0.00983. The lowest BCUT2D eigenvalue weighted by Crippen LogP contribution is -2.25. The molecule has 0 fully saturated rings. The predicted molar refractivity (Wildman–Crippen MR) is 94.2 cm³/mol. The van der Waals surface area contributed by atoms with Crippen molar-refractivity contribution in [1.29, 1.82) is 0 Å². The third-order valence-electron chi connectivity index (χ3n) is 4.02. The Morgan fingerprint density at radius 3 is 2.64 bits per heavy atom. The molecule has 2 aromatic rings. The average Bonchev–Trinajstić information content (AvgIpc) is 2.97. The Labute approximate surface area is 148 Å². The zero-order valence-corrected chi connectivity index (χ0v) is 14.0. The van der Waals surface area contributed by atoms with Gasteiger partial charge in [0, 0.05) is 37.0 Å². The minimum atomic E-state index is -0.575. The number of anilines is 2. The highest BCUT2D eigenvalue weighted by Gasteiger charge is 2.22. The summed E-state index contributed by atoms with van der Waals surface area (Å²) in [5.74, 6) is -0.477. The van der Waals surface area contributed by atoms with Gasteiger partial charge in [-0.05, 0) is 36.2 Å². The van der Waals surface area contributed by atoms with Crippen LogP contribution in [0.4, 0.5) is 17.1 Å². The van der Waals surface area contributed by atoms with Gasteiger partial charge in [-0.25, -0.2) is 0 Å². The van der Waals surface area contributed by atoms with Crippen LogP contribution in [-0.4, -0.2) is 23.3 Å². The number of nitrogens with one attached hydrogen (secondary N) is 1. The van der Waals surface area contributed by atoms with Crippen molar-refractivity contribution < 1.29 is 14.5 Å². The molecule has 0 radical (unpaired) electrons. The Morgan fingerprint density at radius 2 is 2.00 bits per heavy atom. The maximum atomic E-state index is 12.4. The standard InChI is InChI=1S/C17H14ClN3O4/c1-10(22)20-7-6-11-8-12(2-5-16(11)20)19-17(23)14-4-3-13(21(24)25)9-15(14)18/h2-5,8-9H,6-7H2,1H3,(H,19,23). The van der Waals surface area contributed by atoms with Crippen LogP contribution in [0.1, 0.15) is 22.8 Å². The normalized spacial score (nSPS) is 12.6. The first kappa shape index (κ1) is 16.9. The molecule has 8 heteroatoms. The summed E-state index contributed by atoms with van der Waals surface area (Å²) in [6, 6.07) is 9.00. The average molecular weight is 360 g/mol. The van der Waals surface area contributed by atoms with Crippen molar-refractivity contribution in [3.05, 3.63) is 62.7 Å². The Hall–Kier alpha value is -2.93. The summed E-state index contributed by atoms with van der Waals surface area (Å²) < 4.78 is 0. The number of nitro benzene ring substituents is 1. The number of benzene rings is 2. The number of amides is 2. The first-order valence-corrected chi connectivity index (χ1v) is 7.91. The number of carbonyl (C=O) groups excluding carboxylic acids is 2. The molecule has 2 aromatic carbocycles. The van der Waals surface area contributed by atoms with Gasteiger partial charge in [0.25, 0.3) is 11.6 Å². The van der Waals surface area contributed by atoms with E-state index in [9.17, 15) is 19.7 Å². The second-order valence-corrected chi connectivity index (χ2v) is 6.05. The number of fused-ring (bicyclic) bond motifs is 1. The number of rotatable bonds is 3. The fourth-order valence-electron chi connectivity index (χ4n) is 2.81. The Balaban J connectivity index is 1.80. The van der Waals surface area contributed by atoms with Gasteiger partial charge in [-0.15, -0.1) is 0 Å². The monoisotopic (exact) mass is 359 g/mol. The first-order valence-electron chi connectivity index (χ1n) is 7.53. The molecule has 7 nitrogen and oxygen atoms in total. The zero-order chi connectivity index (χ0) is 18.1. The molecule has 0 spiro atoms. The number of hydrogen-bond donors (Lipinski definition) is 1. The molecule has 1 aliphatic rings. The lowest BCUT2D eigenvalue weighted by molar-refractivity contribution is -0.384. The van der Waals surface area contributed by atoms with Gasteiger partial charge in [0.1, 0.15) is 0 Å². The van der Waals surface area contributed by atoms with Gasteiger partial charge in [-0.2, -0.15) is 0 Å². The third kappa shape index (κ3) is 3.32. The number of nitro groups is 1. The van der Waals surface area contributed by atoms with Crippen LogP contribution < -0.4 is 10.2 Å². The van der Waals surface area contributed by atoms with Crippen LogP contribution in [0.15, 0.2) is 36.4 Å². The lowest BCUT2D eigenvalue weighted by Gasteiger charge is -2.15. The van der Waals surface area contributed by atoms with E-state index in [2.05, 4.69) is 5.32 Å². The molecule has 3 rings (SSSR count). The van der Waals surface area contributed by atoms with E-state index in [0.29, 0.717) is 12.2 Å². The van der Waals surface area contributed by atoms with Crippen molar-refractivity contribution in [3.8, 4) is 0 Å². The quantitative estimate of drug-likeness (QED) is 0.671. The number of nitrogens with zero attached hydrogens (tertiary/aromatic N) is 2. The van der Waals surface area contributed by atoms with Crippen LogP contribution >= 0.6 is 11.6 Å². The molecular formula is C17H14ClN3O4. The molecule has 0 saturated carbocycles.